The lowest BCUT2D eigenvalue weighted by molar-refractivity contribution is -0.114. The molecule has 0 fully saturated rings. The first-order chi connectivity index (χ1) is 14.9. The molecule has 2 aromatic rings. The van der Waals surface area contributed by atoms with Gasteiger partial charge in [0.25, 0.3) is 5.91 Å². The molecule has 2 aliphatic rings. The number of aliphatic imine (C=N–C) groups is 1. The molecule has 0 saturated carbocycles. The number of fused-ring (bicyclic) bond motifs is 1. The number of thioether (sulfide) groups is 1. The first kappa shape index (κ1) is 21.3. The first-order valence-corrected chi connectivity index (χ1v) is 11.5. The van der Waals surface area contributed by atoms with Crippen LogP contribution in [0, 0.1) is 19.3 Å². The normalized spacial score (nSPS) is 17.3. The molecule has 0 radical (unpaired) electrons. The van der Waals surface area contributed by atoms with Gasteiger partial charge in [-0.25, -0.2) is 0 Å². The number of carbonyl (C=O) groups is 1. The molecule has 4 rings (SSSR count). The fourth-order valence-corrected chi connectivity index (χ4v) is 4.75. The Kier molecular flexibility index (Phi) is 5.96. The monoisotopic (exact) mass is 433 g/mol. The van der Waals surface area contributed by atoms with Crippen molar-refractivity contribution < 1.29 is 4.79 Å². The number of benzene rings is 1. The fraction of sp³-hybridized carbons (Fsp3) is 0.333. The molecule has 1 amide bonds. The molecule has 0 spiro atoms. The zero-order valence-corrected chi connectivity index (χ0v) is 19.2. The molecule has 2 aliphatic heterocycles. The summed E-state index contributed by atoms with van der Waals surface area (Å²) in [6.07, 6.45) is 5.72. The summed E-state index contributed by atoms with van der Waals surface area (Å²) in [5, 5.41) is 16.0. The standard InChI is InChI=1S/C24H27N5OS/c1-5-7-8-21-27-29-22(25)20(23(30)26-24(29)31-21)14-18-13-15(3)28(16(18)4)19-11-9-17(6-2)10-12-19/h9-14,25H,5-8H2,1-4H3/b20-14-,25-22?. The second-order valence-corrected chi connectivity index (χ2v) is 8.84. The van der Waals surface area contributed by atoms with Gasteiger partial charge in [0.2, 0.25) is 5.17 Å². The average Bonchev–Trinajstić information content (AvgIpc) is 3.29. The molecule has 7 heteroatoms. The van der Waals surface area contributed by atoms with Gasteiger partial charge in [-0.1, -0.05) is 32.4 Å². The van der Waals surface area contributed by atoms with Crippen LogP contribution in [-0.4, -0.2) is 31.5 Å². The highest BCUT2D eigenvalue weighted by Crippen LogP contribution is 2.31. The van der Waals surface area contributed by atoms with Crippen LogP contribution in [0.3, 0.4) is 0 Å². The van der Waals surface area contributed by atoms with Crippen molar-refractivity contribution in [3.05, 3.63) is 58.4 Å². The molecule has 1 N–H and O–H groups in total. The van der Waals surface area contributed by atoms with Crippen LogP contribution < -0.4 is 0 Å². The molecule has 1 aromatic carbocycles. The number of hydrazone groups is 1. The zero-order chi connectivity index (χ0) is 22.1. The van der Waals surface area contributed by atoms with Crippen LogP contribution in [0.5, 0.6) is 0 Å². The van der Waals surface area contributed by atoms with Crippen LogP contribution in [0.4, 0.5) is 0 Å². The van der Waals surface area contributed by atoms with Crippen molar-refractivity contribution >= 4 is 39.8 Å². The van der Waals surface area contributed by atoms with Gasteiger partial charge in [-0.2, -0.15) is 15.1 Å². The van der Waals surface area contributed by atoms with Gasteiger partial charge in [0, 0.05) is 17.1 Å². The minimum atomic E-state index is -0.382. The van der Waals surface area contributed by atoms with E-state index in [1.807, 2.05) is 13.0 Å². The minimum Gasteiger partial charge on any atom is -0.318 e. The maximum Gasteiger partial charge on any atom is 0.283 e. The van der Waals surface area contributed by atoms with Gasteiger partial charge >= 0.3 is 0 Å². The third kappa shape index (κ3) is 4.02. The topological polar surface area (TPSA) is 73.8 Å². The summed E-state index contributed by atoms with van der Waals surface area (Å²) in [4.78, 5) is 16.9. The van der Waals surface area contributed by atoms with E-state index in [2.05, 4.69) is 59.7 Å². The molecule has 0 unspecified atom stereocenters. The Morgan fingerprint density at radius 3 is 2.58 bits per heavy atom. The minimum absolute atomic E-state index is 0.0890. The van der Waals surface area contributed by atoms with E-state index < -0.39 is 0 Å². The van der Waals surface area contributed by atoms with Gasteiger partial charge in [-0.05, 0) is 80.3 Å². The summed E-state index contributed by atoms with van der Waals surface area (Å²) in [7, 11) is 0. The zero-order valence-electron chi connectivity index (χ0n) is 18.4. The van der Waals surface area contributed by atoms with E-state index in [0.717, 1.165) is 53.4 Å². The number of amidine groups is 2. The lowest BCUT2D eigenvalue weighted by atomic mass is 10.1. The van der Waals surface area contributed by atoms with Crippen molar-refractivity contribution in [1.29, 1.82) is 5.41 Å². The van der Waals surface area contributed by atoms with E-state index in [4.69, 9.17) is 5.41 Å². The van der Waals surface area contributed by atoms with Gasteiger partial charge in [-0.15, -0.1) is 0 Å². The number of rotatable bonds is 6. The number of aryl methyl sites for hydroxylation is 2. The highest BCUT2D eigenvalue weighted by Gasteiger charge is 2.35. The Hall–Kier alpha value is -2.93. The van der Waals surface area contributed by atoms with Crippen LogP contribution in [-0.2, 0) is 11.2 Å². The van der Waals surface area contributed by atoms with E-state index in [1.54, 1.807) is 6.08 Å². The van der Waals surface area contributed by atoms with Gasteiger partial charge in [-0.3, -0.25) is 10.2 Å². The third-order valence-electron chi connectivity index (χ3n) is 5.61. The van der Waals surface area contributed by atoms with Crippen molar-refractivity contribution in [3.8, 4) is 5.69 Å². The summed E-state index contributed by atoms with van der Waals surface area (Å²) in [6.45, 7) is 8.36. The molecule has 0 bridgehead atoms. The molecule has 1 aromatic heterocycles. The molecule has 31 heavy (non-hydrogen) atoms. The number of hydrogen-bond donors (Lipinski definition) is 1. The van der Waals surface area contributed by atoms with E-state index in [9.17, 15) is 4.79 Å². The van der Waals surface area contributed by atoms with Crippen LogP contribution in [0.2, 0.25) is 0 Å². The number of nitrogens with one attached hydrogen (secondary N) is 1. The van der Waals surface area contributed by atoms with Crippen molar-refractivity contribution in [2.75, 3.05) is 0 Å². The van der Waals surface area contributed by atoms with Crippen molar-refractivity contribution in [2.45, 2.75) is 53.4 Å². The summed E-state index contributed by atoms with van der Waals surface area (Å²) >= 11 is 1.39. The van der Waals surface area contributed by atoms with Gasteiger partial charge in [0.1, 0.15) is 5.04 Å². The van der Waals surface area contributed by atoms with Crippen LogP contribution in [0.1, 0.15) is 55.6 Å². The molecule has 0 aliphatic carbocycles. The number of amides is 1. The Morgan fingerprint density at radius 2 is 1.90 bits per heavy atom. The molecular weight excluding hydrogens is 406 g/mol. The number of hydrogen-bond acceptors (Lipinski definition) is 4. The van der Waals surface area contributed by atoms with Gasteiger partial charge in [0.15, 0.2) is 5.84 Å². The van der Waals surface area contributed by atoms with Crippen molar-refractivity contribution in [2.24, 2.45) is 10.1 Å². The highest BCUT2D eigenvalue weighted by atomic mass is 32.2. The van der Waals surface area contributed by atoms with Gasteiger partial charge in [0.05, 0.1) is 5.57 Å². The van der Waals surface area contributed by atoms with Gasteiger partial charge < -0.3 is 4.57 Å². The lowest BCUT2D eigenvalue weighted by Crippen LogP contribution is -2.35. The third-order valence-corrected chi connectivity index (χ3v) is 6.58. The quantitative estimate of drug-likeness (QED) is 0.614. The molecular formula is C24H27N5OS. The summed E-state index contributed by atoms with van der Waals surface area (Å²) in [5.74, 6) is -0.293. The van der Waals surface area contributed by atoms with Crippen LogP contribution >= 0.6 is 11.8 Å². The molecule has 6 nitrogen and oxygen atoms in total. The maximum atomic E-state index is 12.7. The smallest absolute Gasteiger partial charge is 0.283 e. The first-order valence-electron chi connectivity index (χ1n) is 10.7. The van der Waals surface area contributed by atoms with E-state index in [0.29, 0.717) is 5.17 Å². The van der Waals surface area contributed by atoms with Crippen LogP contribution in [0.25, 0.3) is 11.8 Å². The largest absolute Gasteiger partial charge is 0.318 e. The number of nitrogens with zero attached hydrogens (tertiary/aromatic N) is 4. The Morgan fingerprint density at radius 1 is 1.16 bits per heavy atom. The summed E-state index contributed by atoms with van der Waals surface area (Å²) in [6, 6.07) is 10.6. The van der Waals surface area contributed by atoms with E-state index in [1.165, 1.54) is 22.3 Å². The summed E-state index contributed by atoms with van der Waals surface area (Å²) in [5.41, 5.74) is 5.66. The maximum absolute atomic E-state index is 12.7. The molecule has 3 heterocycles. The summed E-state index contributed by atoms with van der Waals surface area (Å²) < 4.78 is 2.17. The SMILES string of the molecule is CCCCC1=NN2C(=N)/C(=C/c3cc(C)n(-c4ccc(CC)cc4)c3C)C(=O)N=C2S1. The second kappa shape index (κ2) is 8.67. The number of unbranched alkanes of at least 4 members (excludes halogenated alkanes) is 1. The molecule has 160 valence electrons. The van der Waals surface area contributed by atoms with Crippen molar-refractivity contribution in [1.82, 2.24) is 9.58 Å². The highest BCUT2D eigenvalue weighted by molar-refractivity contribution is 8.26. The Bertz CT molecular complexity index is 1140. The fourth-order valence-electron chi connectivity index (χ4n) is 3.83. The van der Waals surface area contributed by atoms with E-state index in [-0.39, 0.29) is 17.3 Å². The average molecular weight is 434 g/mol. The predicted molar refractivity (Wildman–Crippen MR) is 129 cm³/mol. The van der Waals surface area contributed by atoms with Crippen molar-refractivity contribution in [3.63, 3.8) is 0 Å². The number of aromatic nitrogens is 1. The number of carbonyl (C=O) groups excluding carboxylic acids is 1. The second-order valence-electron chi connectivity index (χ2n) is 7.80. The Labute approximate surface area is 187 Å². The molecule has 0 atom stereocenters. The lowest BCUT2D eigenvalue weighted by Gasteiger charge is -2.20. The van der Waals surface area contributed by atoms with E-state index >= 15 is 0 Å². The molecule has 0 saturated heterocycles. The predicted octanol–water partition coefficient (Wildman–Crippen LogP) is 5.47. The van der Waals surface area contributed by atoms with Crippen LogP contribution in [0.15, 0.2) is 46.0 Å². The Balaban J connectivity index is 1.67.